The molecular weight excluding hydrogens is 106 g/mol. The topological polar surface area (TPSA) is 40.1 Å². The van der Waals surface area contributed by atoms with Crippen molar-refractivity contribution in [2.75, 3.05) is 0 Å². The second-order valence-corrected chi connectivity index (χ2v) is 0.938. The zero-order valence-electron chi connectivity index (χ0n) is 4.56. The summed E-state index contributed by atoms with van der Waals surface area (Å²) >= 11 is 0. The van der Waals surface area contributed by atoms with Crippen molar-refractivity contribution in [2.45, 2.75) is 6.42 Å². The summed E-state index contributed by atoms with van der Waals surface area (Å²) in [5.41, 5.74) is 0. The average Bonchev–Trinajstić information content (AvgIpc) is 1.61. The van der Waals surface area contributed by atoms with E-state index in [1.54, 1.807) is 0 Å². The van der Waals surface area contributed by atoms with Crippen LogP contribution in [0.25, 0.3) is 0 Å². The van der Waals surface area contributed by atoms with Crippen LogP contribution < -0.4 is 24.0 Å². The molecule has 0 rings (SSSR count). The van der Waals surface area contributed by atoms with Crippen LogP contribution in [0, 0.1) is 0 Å². The first-order valence-corrected chi connectivity index (χ1v) is 1.72. The Hall–Kier alpha value is -0.263. The number of carboxylic acids is 1. The molecule has 0 spiro atoms. The number of carbonyl (C=O) groups is 1. The molecule has 0 aliphatic carbocycles. The van der Waals surface area contributed by atoms with Crippen molar-refractivity contribution in [1.29, 1.82) is 0 Å². The zero-order valence-corrected chi connectivity index (χ0v) is 4.56. The van der Waals surface area contributed by atoms with Crippen molar-refractivity contribution in [2.24, 2.45) is 0 Å². The summed E-state index contributed by atoms with van der Waals surface area (Å²) < 4.78 is 10.9. The van der Waals surface area contributed by atoms with Gasteiger partial charge in [-0.2, -0.15) is 0 Å². The van der Waals surface area contributed by atoms with Crippen molar-refractivity contribution in [3.05, 3.63) is 12.4 Å². The van der Waals surface area contributed by atoms with Gasteiger partial charge in [0.15, 0.2) is 0 Å². The fourth-order valence-corrected chi connectivity index (χ4v) is 0.141. The predicted molar refractivity (Wildman–Crippen MR) is 19.9 cm³/mol. The molecule has 0 bridgehead atoms. The standard InChI is InChI=1S/C4H5FO2.Li/c5-3-1-2-4(6)7;/h1,3H,2H2,(H,6,7);/q;+1/p-1. The summed E-state index contributed by atoms with van der Waals surface area (Å²) in [7, 11) is 0. The van der Waals surface area contributed by atoms with Crippen molar-refractivity contribution >= 4 is 5.97 Å². The van der Waals surface area contributed by atoms with E-state index >= 15 is 0 Å². The van der Waals surface area contributed by atoms with Gasteiger partial charge in [-0.1, -0.05) is 6.08 Å². The van der Waals surface area contributed by atoms with Gasteiger partial charge in [-0.15, -0.1) is 0 Å². The minimum Gasteiger partial charge on any atom is -0.550 e. The first-order chi connectivity index (χ1) is 3.27. The molecule has 0 radical (unpaired) electrons. The molecule has 0 aliphatic rings. The van der Waals surface area contributed by atoms with Gasteiger partial charge in [0.25, 0.3) is 0 Å². The summed E-state index contributed by atoms with van der Waals surface area (Å²) in [6.07, 6.45) is 0.696. The van der Waals surface area contributed by atoms with Gasteiger partial charge >= 0.3 is 18.9 Å². The summed E-state index contributed by atoms with van der Waals surface area (Å²) in [5, 5.41) is 9.43. The number of halogens is 1. The predicted octanol–water partition coefficient (Wildman–Crippen LogP) is -3.39. The Morgan fingerprint density at radius 1 is 1.75 bits per heavy atom. The average molecular weight is 110 g/mol. The van der Waals surface area contributed by atoms with Crippen LogP contribution in [0.15, 0.2) is 12.4 Å². The number of rotatable bonds is 2. The van der Waals surface area contributed by atoms with Gasteiger partial charge in [0, 0.05) is 12.4 Å². The van der Waals surface area contributed by atoms with Crippen LogP contribution in [0.3, 0.4) is 0 Å². The molecule has 4 heteroatoms. The van der Waals surface area contributed by atoms with Gasteiger partial charge < -0.3 is 9.90 Å². The third-order valence-electron chi connectivity index (χ3n) is 0.374. The van der Waals surface area contributed by atoms with E-state index < -0.39 is 5.97 Å². The van der Waals surface area contributed by atoms with Crippen LogP contribution >= 0.6 is 0 Å². The Labute approximate surface area is 58.6 Å². The number of hydrogen-bond acceptors (Lipinski definition) is 2. The molecule has 0 aliphatic heterocycles. The fraction of sp³-hybridized carbons (Fsp3) is 0.250. The largest absolute Gasteiger partial charge is 1.00 e. The van der Waals surface area contributed by atoms with Gasteiger partial charge in [0.1, 0.15) is 0 Å². The molecule has 0 aromatic heterocycles. The van der Waals surface area contributed by atoms with Crippen LogP contribution in [-0.4, -0.2) is 5.97 Å². The van der Waals surface area contributed by atoms with E-state index in [9.17, 15) is 14.3 Å². The molecule has 40 valence electrons. The second kappa shape index (κ2) is 6.74. The summed E-state index contributed by atoms with van der Waals surface area (Å²) in [4.78, 5) is 9.43. The molecule has 0 amide bonds. The number of carbonyl (C=O) groups excluding carboxylic acids is 1. The van der Waals surface area contributed by atoms with E-state index in [1.807, 2.05) is 0 Å². The van der Waals surface area contributed by atoms with E-state index in [2.05, 4.69) is 0 Å². The Bertz CT molecular complexity index is 92.0. The van der Waals surface area contributed by atoms with Crippen molar-refractivity contribution in [1.82, 2.24) is 0 Å². The Balaban J connectivity index is 0. The number of hydrogen-bond donors (Lipinski definition) is 0. The third kappa shape index (κ3) is 9.22. The minimum absolute atomic E-state index is 0. The van der Waals surface area contributed by atoms with Crippen LogP contribution in [0.2, 0.25) is 0 Å². The normalized spacial score (nSPS) is 8.62. The van der Waals surface area contributed by atoms with Crippen LogP contribution in [0.5, 0.6) is 0 Å². The summed E-state index contributed by atoms with van der Waals surface area (Å²) in [6, 6.07) is 0. The quantitative estimate of drug-likeness (QED) is 0.348. The van der Waals surface area contributed by atoms with Crippen LogP contribution in [0.4, 0.5) is 4.39 Å². The SMILES string of the molecule is O=C([O-])CC=CF.[Li+]. The Morgan fingerprint density at radius 3 is 2.38 bits per heavy atom. The summed E-state index contributed by atoms with van der Waals surface area (Å²) in [6.45, 7) is 0. The van der Waals surface area contributed by atoms with Gasteiger partial charge in [0.2, 0.25) is 0 Å². The van der Waals surface area contributed by atoms with Crippen molar-refractivity contribution in [3.8, 4) is 0 Å². The van der Waals surface area contributed by atoms with Gasteiger partial charge in [0.05, 0.1) is 6.33 Å². The molecule has 0 heterocycles. The van der Waals surface area contributed by atoms with Crippen LogP contribution in [-0.2, 0) is 4.79 Å². The smallest absolute Gasteiger partial charge is 0.550 e. The maximum atomic E-state index is 10.9. The molecule has 0 saturated heterocycles. The van der Waals surface area contributed by atoms with Crippen molar-refractivity contribution in [3.63, 3.8) is 0 Å². The van der Waals surface area contributed by atoms with Gasteiger partial charge in [-0.05, 0) is 0 Å². The number of aliphatic carboxylic acids is 1. The first-order valence-electron chi connectivity index (χ1n) is 1.72. The van der Waals surface area contributed by atoms with Gasteiger partial charge in [-0.25, -0.2) is 4.39 Å². The molecule has 0 N–H and O–H groups in total. The van der Waals surface area contributed by atoms with E-state index in [-0.39, 0.29) is 31.6 Å². The molecule has 0 aromatic rings. The Kier molecular flexibility index (Phi) is 8.99. The van der Waals surface area contributed by atoms with E-state index in [4.69, 9.17) is 0 Å². The van der Waals surface area contributed by atoms with Crippen LogP contribution in [0.1, 0.15) is 6.42 Å². The maximum Gasteiger partial charge on any atom is 1.00 e. The monoisotopic (exact) mass is 110 g/mol. The van der Waals surface area contributed by atoms with E-state index in [0.29, 0.717) is 0 Å². The molecule has 0 unspecified atom stereocenters. The zero-order chi connectivity index (χ0) is 5.70. The van der Waals surface area contributed by atoms with E-state index in [0.717, 1.165) is 6.08 Å². The molecule has 0 saturated carbocycles. The molecule has 0 fully saturated rings. The van der Waals surface area contributed by atoms with E-state index in [1.165, 1.54) is 0 Å². The van der Waals surface area contributed by atoms with Crippen molar-refractivity contribution < 1.29 is 33.2 Å². The summed E-state index contributed by atoms with van der Waals surface area (Å²) in [5.74, 6) is -1.27. The maximum absolute atomic E-state index is 10.9. The molecule has 0 atom stereocenters. The first kappa shape index (κ1) is 10.7. The molecule has 8 heavy (non-hydrogen) atoms. The molecule has 2 nitrogen and oxygen atoms in total. The molecular formula is C4H4FLiO2. The van der Waals surface area contributed by atoms with Gasteiger partial charge in [-0.3, -0.25) is 0 Å². The Morgan fingerprint density at radius 2 is 2.25 bits per heavy atom. The molecule has 0 aromatic carbocycles. The second-order valence-electron chi connectivity index (χ2n) is 0.938. The third-order valence-corrected chi connectivity index (χ3v) is 0.374. The minimum atomic E-state index is -1.27. The number of carboxylic acid groups (broad SMARTS) is 1. The fourth-order valence-electron chi connectivity index (χ4n) is 0.141.